The number of benzene rings is 1. The molecule has 1 unspecified atom stereocenters. The maximum atomic E-state index is 11.8. The normalized spacial score (nSPS) is 23.1. The van der Waals surface area contributed by atoms with Crippen molar-refractivity contribution < 1.29 is 9.90 Å². The molecule has 1 saturated heterocycles. The molecule has 0 radical (unpaired) electrons. The molecule has 1 aromatic carbocycles. The molecule has 3 nitrogen and oxygen atoms in total. The Morgan fingerprint density at radius 2 is 2.10 bits per heavy atom. The van der Waals surface area contributed by atoms with E-state index in [2.05, 4.69) is 42.3 Å². The summed E-state index contributed by atoms with van der Waals surface area (Å²) in [7, 11) is 0. The molecular formula is C16H23NO2S. The largest absolute Gasteiger partial charge is 0.480 e. The molecular weight excluding hydrogens is 270 g/mol. The van der Waals surface area contributed by atoms with E-state index in [0.29, 0.717) is 0 Å². The van der Waals surface area contributed by atoms with Gasteiger partial charge in [-0.05, 0) is 49.8 Å². The van der Waals surface area contributed by atoms with E-state index in [9.17, 15) is 9.90 Å². The van der Waals surface area contributed by atoms with Crippen LogP contribution in [0.2, 0.25) is 0 Å². The SMILES string of the molecule is CCCC1(C(=O)O)CCCN1Cc1ccc(SC)cc1. The molecule has 1 aliphatic rings. The molecule has 0 bridgehead atoms. The number of thioether (sulfide) groups is 1. The third-order valence-electron chi connectivity index (χ3n) is 4.22. The van der Waals surface area contributed by atoms with Gasteiger partial charge in [-0.25, -0.2) is 0 Å². The number of nitrogens with zero attached hydrogens (tertiary/aromatic N) is 1. The zero-order valence-corrected chi connectivity index (χ0v) is 13.1. The first kappa shape index (κ1) is 15.4. The van der Waals surface area contributed by atoms with Gasteiger partial charge in [-0.15, -0.1) is 11.8 Å². The summed E-state index contributed by atoms with van der Waals surface area (Å²) in [5.74, 6) is -0.655. The topological polar surface area (TPSA) is 40.5 Å². The van der Waals surface area contributed by atoms with Gasteiger partial charge in [0.05, 0.1) is 0 Å². The first-order valence-corrected chi connectivity index (χ1v) is 8.46. The smallest absolute Gasteiger partial charge is 0.324 e. The van der Waals surface area contributed by atoms with Crippen LogP contribution in [0, 0.1) is 0 Å². The zero-order valence-electron chi connectivity index (χ0n) is 12.3. The Kier molecular flexibility index (Phi) is 5.11. The van der Waals surface area contributed by atoms with Crippen LogP contribution in [0.4, 0.5) is 0 Å². The Balaban J connectivity index is 2.15. The van der Waals surface area contributed by atoms with Crippen LogP contribution in [-0.2, 0) is 11.3 Å². The van der Waals surface area contributed by atoms with Gasteiger partial charge < -0.3 is 5.11 Å². The van der Waals surface area contributed by atoms with Gasteiger partial charge in [0.15, 0.2) is 0 Å². The van der Waals surface area contributed by atoms with E-state index >= 15 is 0 Å². The molecule has 2 rings (SSSR count). The predicted molar refractivity (Wildman–Crippen MR) is 83.1 cm³/mol. The maximum absolute atomic E-state index is 11.8. The molecule has 4 heteroatoms. The van der Waals surface area contributed by atoms with Gasteiger partial charge in [-0.1, -0.05) is 25.5 Å². The first-order chi connectivity index (χ1) is 9.62. The van der Waals surface area contributed by atoms with Crippen LogP contribution in [0.25, 0.3) is 0 Å². The van der Waals surface area contributed by atoms with Gasteiger partial charge in [0.25, 0.3) is 0 Å². The van der Waals surface area contributed by atoms with Crippen molar-refractivity contribution in [2.45, 2.75) is 49.6 Å². The number of rotatable bonds is 6. The maximum Gasteiger partial charge on any atom is 0.324 e. The van der Waals surface area contributed by atoms with Gasteiger partial charge in [-0.3, -0.25) is 9.69 Å². The average molecular weight is 293 g/mol. The summed E-state index contributed by atoms with van der Waals surface area (Å²) in [6.45, 7) is 3.69. The van der Waals surface area contributed by atoms with Crippen LogP contribution in [0.15, 0.2) is 29.2 Å². The summed E-state index contributed by atoms with van der Waals surface area (Å²) in [4.78, 5) is 15.2. The molecule has 0 aromatic heterocycles. The van der Waals surface area contributed by atoms with Crippen LogP contribution in [0.3, 0.4) is 0 Å². The van der Waals surface area contributed by atoms with E-state index in [1.165, 1.54) is 10.5 Å². The Morgan fingerprint density at radius 3 is 2.65 bits per heavy atom. The highest BCUT2D eigenvalue weighted by molar-refractivity contribution is 7.98. The van der Waals surface area contributed by atoms with Gasteiger partial charge in [0.2, 0.25) is 0 Å². The number of carboxylic acids is 1. The number of hydrogen-bond acceptors (Lipinski definition) is 3. The monoisotopic (exact) mass is 293 g/mol. The van der Waals surface area contributed by atoms with Crippen molar-refractivity contribution in [2.24, 2.45) is 0 Å². The van der Waals surface area contributed by atoms with Crippen LogP contribution >= 0.6 is 11.8 Å². The van der Waals surface area contributed by atoms with E-state index in [1.807, 2.05) is 0 Å². The van der Waals surface area contributed by atoms with E-state index in [1.54, 1.807) is 11.8 Å². The average Bonchev–Trinajstić information content (AvgIpc) is 2.84. The fourth-order valence-electron chi connectivity index (χ4n) is 3.16. The van der Waals surface area contributed by atoms with E-state index in [0.717, 1.165) is 38.8 Å². The molecule has 0 saturated carbocycles. The third-order valence-corrected chi connectivity index (χ3v) is 4.96. The fourth-order valence-corrected chi connectivity index (χ4v) is 3.57. The quantitative estimate of drug-likeness (QED) is 0.813. The Morgan fingerprint density at radius 1 is 1.40 bits per heavy atom. The van der Waals surface area contributed by atoms with Gasteiger partial charge in [0, 0.05) is 11.4 Å². The van der Waals surface area contributed by atoms with Crippen molar-refractivity contribution >= 4 is 17.7 Å². The molecule has 1 N–H and O–H groups in total. The van der Waals surface area contributed by atoms with Crippen molar-refractivity contribution in [2.75, 3.05) is 12.8 Å². The molecule has 110 valence electrons. The summed E-state index contributed by atoms with van der Waals surface area (Å²) in [5.41, 5.74) is 0.554. The van der Waals surface area contributed by atoms with Crippen molar-refractivity contribution in [1.29, 1.82) is 0 Å². The second kappa shape index (κ2) is 6.64. The number of carbonyl (C=O) groups is 1. The van der Waals surface area contributed by atoms with Crippen LogP contribution in [0.1, 0.15) is 38.2 Å². The molecule has 0 amide bonds. The lowest BCUT2D eigenvalue weighted by molar-refractivity contribution is -0.150. The van der Waals surface area contributed by atoms with Gasteiger partial charge in [0.1, 0.15) is 5.54 Å². The summed E-state index contributed by atoms with van der Waals surface area (Å²) in [5, 5.41) is 9.68. The summed E-state index contributed by atoms with van der Waals surface area (Å²) < 4.78 is 0. The van der Waals surface area contributed by atoms with Crippen molar-refractivity contribution in [3.63, 3.8) is 0 Å². The van der Waals surface area contributed by atoms with Crippen molar-refractivity contribution in [1.82, 2.24) is 4.90 Å². The summed E-state index contributed by atoms with van der Waals surface area (Å²) in [6, 6.07) is 8.45. The van der Waals surface area contributed by atoms with Crippen molar-refractivity contribution in [3.8, 4) is 0 Å². The third kappa shape index (κ3) is 3.01. The molecule has 1 heterocycles. The van der Waals surface area contributed by atoms with E-state index < -0.39 is 11.5 Å². The second-order valence-electron chi connectivity index (χ2n) is 5.46. The number of hydrogen-bond donors (Lipinski definition) is 1. The van der Waals surface area contributed by atoms with Crippen molar-refractivity contribution in [3.05, 3.63) is 29.8 Å². The standard InChI is InChI=1S/C16H23NO2S/c1-3-9-16(15(18)19)10-4-11-17(16)12-13-5-7-14(20-2)8-6-13/h5-8H,3-4,9-12H2,1-2H3,(H,18,19). The van der Waals surface area contributed by atoms with Crippen LogP contribution in [-0.4, -0.2) is 34.3 Å². The zero-order chi connectivity index (χ0) is 14.6. The molecule has 1 aliphatic heterocycles. The molecule has 0 aliphatic carbocycles. The number of aliphatic carboxylic acids is 1. The lowest BCUT2D eigenvalue weighted by atomic mass is 9.90. The fraction of sp³-hybridized carbons (Fsp3) is 0.562. The Hall–Kier alpha value is -1.00. The minimum Gasteiger partial charge on any atom is -0.480 e. The molecule has 1 aromatic rings. The summed E-state index contributed by atoms with van der Waals surface area (Å²) in [6.07, 6.45) is 5.47. The minimum atomic E-state index is -0.655. The van der Waals surface area contributed by atoms with Gasteiger partial charge in [-0.2, -0.15) is 0 Å². The van der Waals surface area contributed by atoms with E-state index in [4.69, 9.17) is 0 Å². The Bertz CT molecular complexity index is 460. The molecule has 20 heavy (non-hydrogen) atoms. The highest BCUT2D eigenvalue weighted by Gasteiger charge is 2.46. The lowest BCUT2D eigenvalue weighted by Crippen LogP contribution is -2.49. The highest BCUT2D eigenvalue weighted by Crippen LogP contribution is 2.35. The van der Waals surface area contributed by atoms with Crippen LogP contribution in [0.5, 0.6) is 0 Å². The second-order valence-corrected chi connectivity index (χ2v) is 6.34. The minimum absolute atomic E-state index is 0.646. The highest BCUT2D eigenvalue weighted by atomic mass is 32.2. The predicted octanol–water partition coefficient (Wildman–Crippen LogP) is 3.63. The van der Waals surface area contributed by atoms with Crippen LogP contribution < -0.4 is 0 Å². The molecule has 0 spiro atoms. The first-order valence-electron chi connectivity index (χ1n) is 7.24. The van der Waals surface area contributed by atoms with Gasteiger partial charge >= 0.3 is 5.97 Å². The molecule has 1 fully saturated rings. The number of carboxylic acid groups (broad SMARTS) is 1. The molecule has 1 atom stereocenters. The summed E-state index contributed by atoms with van der Waals surface area (Å²) >= 11 is 1.73. The Labute approximate surface area is 125 Å². The van der Waals surface area contributed by atoms with E-state index in [-0.39, 0.29) is 0 Å². The number of likely N-dealkylation sites (tertiary alicyclic amines) is 1. The lowest BCUT2D eigenvalue weighted by Gasteiger charge is -2.34.